The van der Waals surface area contributed by atoms with Crippen molar-refractivity contribution in [3.8, 4) is 0 Å². The number of aryl methyl sites for hydroxylation is 1. The first-order valence-electron chi connectivity index (χ1n) is 5.93. The molecule has 0 heterocycles. The molecule has 0 aromatic heterocycles. The molecule has 1 aromatic rings. The highest BCUT2D eigenvalue weighted by Crippen LogP contribution is 2.22. The van der Waals surface area contributed by atoms with E-state index >= 15 is 0 Å². The lowest BCUT2D eigenvalue weighted by Crippen LogP contribution is -2.12. The maximum Gasteiger partial charge on any atom is 0.0518 e. The molecular formula is C14H22O2. The Morgan fingerprint density at radius 3 is 2.50 bits per heavy atom. The lowest BCUT2D eigenvalue weighted by Gasteiger charge is -2.17. The SMILES string of the molecule is Cc1ccccc1C(CO)CCOC(C)C. The number of ether oxygens (including phenoxy) is 1. The highest BCUT2D eigenvalue weighted by molar-refractivity contribution is 5.29. The summed E-state index contributed by atoms with van der Waals surface area (Å²) in [6, 6.07) is 8.22. The Morgan fingerprint density at radius 2 is 1.94 bits per heavy atom. The average molecular weight is 222 g/mol. The standard InChI is InChI=1S/C14H22O2/c1-11(2)16-9-8-13(10-15)14-7-5-4-6-12(14)3/h4-7,11,13,15H,8-10H2,1-3H3. The number of hydrogen-bond donors (Lipinski definition) is 1. The Hall–Kier alpha value is -0.860. The smallest absolute Gasteiger partial charge is 0.0518 e. The first-order valence-corrected chi connectivity index (χ1v) is 5.93. The second-order valence-electron chi connectivity index (χ2n) is 4.44. The van der Waals surface area contributed by atoms with Crippen molar-refractivity contribution >= 4 is 0 Å². The number of aliphatic hydroxyl groups is 1. The molecule has 1 rings (SSSR count). The van der Waals surface area contributed by atoms with Gasteiger partial charge in [-0.25, -0.2) is 0 Å². The molecule has 1 unspecified atom stereocenters. The van der Waals surface area contributed by atoms with E-state index in [4.69, 9.17) is 4.74 Å². The van der Waals surface area contributed by atoms with Gasteiger partial charge in [0.05, 0.1) is 12.7 Å². The molecule has 1 aromatic carbocycles. The predicted molar refractivity (Wildman–Crippen MR) is 66.7 cm³/mol. The van der Waals surface area contributed by atoms with Crippen LogP contribution in [0.3, 0.4) is 0 Å². The van der Waals surface area contributed by atoms with Crippen molar-refractivity contribution in [2.24, 2.45) is 0 Å². The van der Waals surface area contributed by atoms with Gasteiger partial charge < -0.3 is 9.84 Å². The Labute approximate surface area is 98.3 Å². The van der Waals surface area contributed by atoms with E-state index in [1.54, 1.807) is 0 Å². The third-order valence-electron chi connectivity index (χ3n) is 2.77. The van der Waals surface area contributed by atoms with E-state index in [0.717, 1.165) is 6.42 Å². The highest BCUT2D eigenvalue weighted by atomic mass is 16.5. The van der Waals surface area contributed by atoms with Crippen molar-refractivity contribution < 1.29 is 9.84 Å². The molecule has 0 aliphatic rings. The van der Waals surface area contributed by atoms with Crippen LogP contribution in [0.2, 0.25) is 0 Å². The van der Waals surface area contributed by atoms with Crippen LogP contribution in [-0.4, -0.2) is 24.4 Å². The van der Waals surface area contributed by atoms with Crippen molar-refractivity contribution in [1.29, 1.82) is 0 Å². The molecule has 90 valence electrons. The Morgan fingerprint density at radius 1 is 1.25 bits per heavy atom. The zero-order valence-electron chi connectivity index (χ0n) is 10.4. The summed E-state index contributed by atoms with van der Waals surface area (Å²) in [4.78, 5) is 0. The summed E-state index contributed by atoms with van der Waals surface area (Å²) in [7, 11) is 0. The van der Waals surface area contributed by atoms with Crippen LogP contribution < -0.4 is 0 Å². The second kappa shape index (κ2) is 6.66. The van der Waals surface area contributed by atoms with E-state index in [9.17, 15) is 5.11 Å². The van der Waals surface area contributed by atoms with Crippen LogP contribution in [0.15, 0.2) is 24.3 Å². The zero-order valence-corrected chi connectivity index (χ0v) is 10.4. The second-order valence-corrected chi connectivity index (χ2v) is 4.44. The van der Waals surface area contributed by atoms with E-state index < -0.39 is 0 Å². The summed E-state index contributed by atoms with van der Waals surface area (Å²) >= 11 is 0. The molecule has 16 heavy (non-hydrogen) atoms. The van der Waals surface area contributed by atoms with Crippen molar-refractivity contribution in [1.82, 2.24) is 0 Å². The predicted octanol–water partition coefficient (Wildman–Crippen LogP) is 2.89. The molecule has 2 heteroatoms. The average Bonchev–Trinajstić information content (AvgIpc) is 2.25. The van der Waals surface area contributed by atoms with E-state index in [0.29, 0.717) is 6.61 Å². The normalized spacial score (nSPS) is 13.1. The van der Waals surface area contributed by atoms with E-state index in [1.165, 1.54) is 11.1 Å². The third kappa shape index (κ3) is 3.95. The lowest BCUT2D eigenvalue weighted by atomic mass is 9.93. The molecular weight excluding hydrogens is 200 g/mol. The van der Waals surface area contributed by atoms with Gasteiger partial charge in [0.25, 0.3) is 0 Å². The monoisotopic (exact) mass is 222 g/mol. The minimum atomic E-state index is 0.187. The summed E-state index contributed by atoms with van der Waals surface area (Å²) in [5.41, 5.74) is 2.48. The van der Waals surface area contributed by atoms with Gasteiger partial charge in [-0.05, 0) is 38.3 Å². The number of aliphatic hydroxyl groups excluding tert-OH is 1. The fraction of sp³-hybridized carbons (Fsp3) is 0.571. The van der Waals surface area contributed by atoms with Crippen molar-refractivity contribution in [3.63, 3.8) is 0 Å². The van der Waals surface area contributed by atoms with Crippen LogP contribution in [0.25, 0.3) is 0 Å². The highest BCUT2D eigenvalue weighted by Gasteiger charge is 2.12. The van der Waals surface area contributed by atoms with Gasteiger partial charge in [-0.2, -0.15) is 0 Å². The van der Waals surface area contributed by atoms with Crippen LogP contribution in [-0.2, 0) is 4.74 Å². The fourth-order valence-corrected chi connectivity index (χ4v) is 1.84. The minimum absolute atomic E-state index is 0.187. The Bertz CT molecular complexity index is 307. The van der Waals surface area contributed by atoms with Gasteiger partial charge in [0.2, 0.25) is 0 Å². The number of hydrogen-bond acceptors (Lipinski definition) is 2. The van der Waals surface area contributed by atoms with Crippen molar-refractivity contribution in [2.75, 3.05) is 13.2 Å². The van der Waals surface area contributed by atoms with Crippen LogP contribution in [0.1, 0.15) is 37.3 Å². The maximum absolute atomic E-state index is 9.41. The zero-order chi connectivity index (χ0) is 12.0. The fourth-order valence-electron chi connectivity index (χ4n) is 1.84. The third-order valence-corrected chi connectivity index (χ3v) is 2.77. The quantitative estimate of drug-likeness (QED) is 0.802. The Kier molecular flexibility index (Phi) is 5.50. The van der Waals surface area contributed by atoms with Crippen molar-refractivity contribution in [2.45, 2.75) is 39.2 Å². The van der Waals surface area contributed by atoms with Gasteiger partial charge in [-0.1, -0.05) is 24.3 Å². The van der Waals surface area contributed by atoms with E-state index in [1.807, 2.05) is 26.0 Å². The van der Waals surface area contributed by atoms with Gasteiger partial charge in [0.15, 0.2) is 0 Å². The summed E-state index contributed by atoms with van der Waals surface area (Å²) in [6.45, 7) is 7.04. The van der Waals surface area contributed by atoms with Gasteiger partial charge in [-0.3, -0.25) is 0 Å². The van der Waals surface area contributed by atoms with Crippen LogP contribution in [0.5, 0.6) is 0 Å². The largest absolute Gasteiger partial charge is 0.396 e. The first kappa shape index (κ1) is 13.2. The molecule has 0 fully saturated rings. The maximum atomic E-state index is 9.41. The minimum Gasteiger partial charge on any atom is -0.396 e. The van der Waals surface area contributed by atoms with E-state index in [-0.39, 0.29) is 18.6 Å². The van der Waals surface area contributed by atoms with Gasteiger partial charge in [-0.15, -0.1) is 0 Å². The van der Waals surface area contributed by atoms with Gasteiger partial charge in [0, 0.05) is 12.5 Å². The van der Waals surface area contributed by atoms with Crippen LogP contribution in [0.4, 0.5) is 0 Å². The van der Waals surface area contributed by atoms with Gasteiger partial charge in [0.1, 0.15) is 0 Å². The van der Waals surface area contributed by atoms with Crippen LogP contribution >= 0.6 is 0 Å². The lowest BCUT2D eigenvalue weighted by molar-refractivity contribution is 0.0690. The number of rotatable bonds is 6. The molecule has 0 amide bonds. The van der Waals surface area contributed by atoms with Crippen molar-refractivity contribution in [3.05, 3.63) is 35.4 Å². The molecule has 0 bridgehead atoms. The molecule has 0 saturated heterocycles. The van der Waals surface area contributed by atoms with Crippen LogP contribution in [0, 0.1) is 6.92 Å². The summed E-state index contributed by atoms with van der Waals surface area (Å²) in [5, 5.41) is 9.41. The molecule has 1 atom stereocenters. The molecule has 0 radical (unpaired) electrons. The number of benzene rings is 1. The topological polar surface area (TPSA) is 29.5 Å². The Balaban J connectivity index is 2.57. The summed E-state index contributed by atoms with van der Waals surface area (Å²) in [5.74, 6) is 0.194. The first-order chi connectivity index (χ1) is 7.65. The molecule has 2 nitrogen and oxygen atoms in total. The van der Waals surface area contributed by atoms with Gasteiger partial charge >= 0.3 is 0 Å². The molecule has 0 saturated carbocycles. The molecule has 0 spiro atoms. The summed E-state index contributed by atoms with van der Waals surface area (Å²) < 4.78 is 5.52. The molecule has 0 aliphatic heterocycles. The van der Waals surface area contributed by atoms with E-state index in [2.05, 4.69) is 19.1 Å². The summed E-state index contributed by atoms with van der Waals surface area (Å²) in [6.07, 6.45) is 1.13. The molecule has 0 aliphatic carbocycles. The molecule has 1 N–H and O–H groups in total.